The van der Waals surface area contributed by atoms with E-state index in [1.165, 1.54) is 10.5 Å². The van der Waals surface area contributed by atoms with Gasteiger partial charge in [0.1, 0.15) is 0 Å². The Hall–Kier alpha value is -3.73. The summed E-state index contributed by atoms with van der Waals surface area (Å²) in [6, 6.07) is 20.1. The maximum absolute atomic E-state index is 13.2. The first kappa shape index (κ1) is 18.3. The molecule has 3 aromatic carbocycles. The van der Waals surface area contributed by atoms with E-state index in [-0.39, 0.29) is 24.3 Å². The summed E-state index contributed by atoms with van der Waals surface area (Å²) in [6.45, 7) is 2.81. The average Bonchev–Trinajstić information content (AvgIpc) is 3.30. The molecule has 0 aliphatic carbocycles. The molecule has 5 rings (SSSR count). The number of fused-ring (bicyclic) bond motifs is 2. The van der Waals surface area contributed by atoms with Crippen molar-refractivity contribution >= 4 is 23.4 Å². The van der Waals surface area contributed by atoms with Gasteiger partial charge in [0.05, 0.1) is 23.4 Å². The number of anilines is 1. The van der Waals surface area contributed by atoms with Gasteiger partial charge in [0.15, 0.2) is 0 Å². The lowest BCUT2D eigenvalue weighted by Crippen LogP contribution is -2.30. The topological polar surface area (TPSA) is 57.7 Å². The molecule has 0 saturated carbocycles. The van der Waals surface area contributed by atoms with Gasteiger partial charge in [-0.25, -0.2) is 0 Å². The third-order valence-electron chi connectivity index (χ3n) is 5.83. The van der Waals surface area contributed by atoms with Crippen LogP contribution in [-0.4, -0.2) is 29.2 Å². The van der Waals surface area contributed by atoms with Gasteiger partial charge in [-0.05, 0) is 54.3 Å². The van der Waals surface area contributed by atoms with Crippen molar-refractivity contribution in [3.63, 3.8) is 0 Å². The van der Waals surface area contributed by atoms with Crippen LogP contribution in [0, 0.1) is 6.92 Å². The fourth-order valence-electron chi connectivity index (χ4n) is 4.38. The Kier molecular flexibility index (Phi) is 4.24. The normalized spacial score (nSPS) is 14.8. The minimum Gasteiger partial charge on any atom is -0.307 e. The molecule has 0 fully saturated rings. The summed E-state index contributed by atoms with van der Waals surface area (Å²) in [4.78, 5) is 41.6. The predicted molar refractivity (Wildman–Crippen MR) is 114 cm³/mol. The van der Waals surface area contributed by atoms with Crippen LogP contribution in [0.15, 0.2) is 66.7 Å². The highest BCUT2D eigenvalue weighted by molar-refractivity contribution is 6.21. The number of carbonyl (C=O) groups is 3. The number of rotatable bonds is 3. The molecule has 2 aliphatic heterocycles. The second kappa shape index (κ2) is 6.95. The molecule has 2 aliphatic rings. The number of amides is 3. The molecular weight excluding hydrogens is 376 g/mol. The Morgan fingerprint density at radius 3 is 2.33 bits per heavy atom. The van der Waals surface area contributed by atoms with E-state index < -0.39 is 0 Å². The predicted octanol–water partition coefficient (Wildman–Crippen LogP) is 3.99. The summed E-state index contributed by atoms with van der Waals surface area (Å²) in [6.07, 6.45) is 0.845. The van der Waals surface area contributed by atoms with Crippen molar-refractivity contribution in [2.45, 2.75) is 19.9 Å². The lowest BCUT2D eigenvalue weighted by molar-refractivity contribution is 0.0642. The average molecular weight is 396 g/mol. The van der Waals surface area contributed by atoms with Crippen molar-refractivity contribution in [3.8, 4) is 0 Å². The van der Waals surface area contributed by atoms with Crippen LogP contribution in [0.3, 0.4) is 0 Å². The molecule has 0 saturated heterocycles. The molecule has 2 heterocycles. The highest BCUT2D eigenvalue weighted by Gasteiger charge is 2.35. The van der Waals surface area contributed by atoms with Gasteiger partial charge < -0.3 is 4.90 Å². The lowest BCUT2D eigenvalue weighted by atomic mass is 10.1. The molecule has 0 aromatic heterocycles. The fourth-order valence-corrected chi connectivity index (χ4v) is 4.38. The van der Waals surface area contributed by atoms with E-state index in [2.05, 4.69) is 6.07 Å². The van der Waals surface area contributed by atoms with Gasteiger partial charge in [0.25, 0.3) is 17.7 Å². The van der Waals surface area contributed by atoms with Gasteiger partial charge in [-0.2, -0.15) is 0 Å². The molecule has 0 N–H and O–H groups in total. The maximum atomic E-state index is 13.2. The van der Waals surface area contributed by atoms with Crippen molar-refractivity contribution < 1.29 is 14.4 Å². The van der Waals surface area contributed by atoms with Crippen LogP contribution in [0.4, 0.5) is 5.69 Å². The first-order valence-corrected chi connectivity index (χ1v) is 9.99. The summed E-state index contributed by atoms with van der Waals surface area (Å²) in [5, 5.41) is 0. The molecule has 5 heteroatoms. The molecule has 0 spiro atoms. The van der Waals surface area contributed by atoms with Crippen LogP contribution in [0.5, 0.6) is 0 Å². The first-order chi connectivity index (χ1) is 14.5. The van der Waals surface area contributed by atoms with E-state index in [1.54, 1.807) is 42.5 Å². The van der Waals surface area contributed by atoms with E-state index in [9.17, 15) is 14.4 Å². The number of imide groups is 1. The van der Waals surface area contributed by atoms with Crippen molar-refractivity contribution in [3.05, 3.63) is 100 Å². The lowest BCUT2D eigenvalue weighted by Gasteiger charge is -2.20. The fraction of sp³-hybridized carbons (Fsp3) is 0.160. The van der Waals surface area contributed by atoms with Gasteiger partial charge in [0.2, 0.25) is 0 Å². The molecular formula is C25H20N2O3. The Bertz CT molecular complexity index is 1180. The zero-order valence-corrected chi connectivity index (χ0v) is 16.6. The molecule has 0 unspecified atom stereocenters. The third kappa shape index (κ3) is 2.82. The van der Waals surface area contributed by atoms with E-state index in [0.717, 1.165) is 23.2 Å². The smallest absolute Gasteiger partial charge is 0.261 e. The van der Waals surface area contributed by atoms with Gasteiger partial charge in [0, 0.05) is 12.1 Å². The molecule has 3 amide bonds. The molecule has 30 heavy (non-hydrogen) atoms. The monoisotopic (exact) mass is 396 g/mol. The summed E-state index contributed by atoms with van der Waals surface area (Å²) < 4.78 is 0. The zero-order chi connectivity index (χ0) is 20.8. The quantitative estimate of drug-likeness (QED) is 0.629. The SMILES string of the molecule is Cc1cccc2c1N(C(=O)c1cccc(CN3C(=O)c4ccccc4C3=O)c1)CC2. The zero-order valence-electron chi connectivity index (χ0n) is 16.6. The van der Waals surface area contributed by atoms with E-state index in [4.69, 9.17) is 0 Å². The molecule has 0 atom stereocenters. The Morgan fingerprint density at radius 1 is 0.900 bits per heavy atom. The Labute approximate surface area is 174 Å². The van der Waals surface area contributed by atoms with E-state index in [1.807, 2.05) is 30.0 Å². The largest absolute Gasteiger partial charge is 0.307 e. The van der Waals surface area contributed by atoms with E-state index in [0.29, 0.717) is 23.2 Å². The maximum Gasteiger partial charge on any atom is 0.261 e. The second-order valence-electron chi connectivity index (χ2n) is 7.73. The number of hydrogen-bond donors (Lipinski definition) is 0. The standard InChI is InChI=1S/C25H20N2O3/c1-16-6-4-8-18-12-13-26(22(16)18)23(28)19-9-5-7-17(14-19)15-27-24(29)20-10-2-3-11-21(20)25(27)30/h2-11,14H,12-13,15H2,1H3. The van der Waals surface area contributed by atoms with Gasteiger partial charge in [-0.1, -0.05) is 42.5 Å². The number of carbonyl (C=O) groups excluding carboxylic acids is 3. The van der Waals surface area contributed by atoms with Crippen LogP contribution >= 0.6 is 0 Å². The minimum absolute atomic E-state index is 0.0627. The highest BCUT2D eigenvalue weighted by atomic mass is 16.2. The van der Waals surface area contributed by atoms with Crippen molar-refractivity contribution in [2.75, 3.05) is 11.4 Å². The number of benzene rings is 3. The molecule has 0 radical (unpaired) electrons. The minimum atomic E-state index is -0.295. The highest BCUT2D eigenvalue weighted by Crippen LogP contribution is 2.32. The number of aryl methyl sites for hydroxylation is 1. The van der Waals surface area contributed by atoms with Crippen LogP contribution < -0.4 is 4.90 Å². The first-order valence-electron chi connectivity index (χ1n) is 9.99. The van der Waals surface area contributed by atoms with Gasteiger partial charge in [-0.15, -0.1) is 0 Å². The van der Waals surface area contributed by atoms with Crippen LogP contribution in [0.25, 0.3) is 0 Å². The molecule has 5 nitrogen and oxygen atoms in total. The van der Waals surface area contributed by atoms with Crippen LogP contribution in [-0.2, 0) is 13.0 Å². The summed E-state index contributed by atoms with van der Waals surface area (Å²) in [5.41, 5.74) is 5.43. The van der Waals surface area contributed by atoms with Crippen molar-refractivity contribution in [1.82, 2.24) is 4.90 Å². The van der Waals surface area contributed by atoms with Gasteiger partial charge in [-0.3, -0.25) is 19.3 Å². The molecule has 0 bridgehead atoms. The Balaban J connectivity index is 1.41. The third-order valence-corrected chi connectivity index (χ3v) is 5.83. The molecule has 3 aromatic rings. The summed E-state index contributed by atoms with van der Waals surface area (Å²) in [5.74, 6) is -0.653. The Morgan fingerprint density at radius 2 is 1.60 bits per heavy atom. The number of para-hydroxylation sites is 1. The number of nitrogens with zero attached hydrogens (tertiary/aromatic N) is 2. The molecule has 148 valence electrons. The van der Waals surface area contributed by atoms with Crippen LogP contribution in [0.2, 0.25) is 0 Å². The summed E-state index contributed by atoms with van der Waals surface area (Å²) >= 11 is 0. The van der Waals surface area contributed by atoms with Crippen molar-refractivity contribution in [1.29, 1.82) is 0 Å². The second-order valence-corrected chi connectivity index (χ2v) is 7.73. The van der Waals surface area contributed by atoms with E-state index >= 15 is 0 Å². The van der Waals surface area contributed by atoms with Gasteiger partial charge >= 0.3 is 0 Å². The summed E-state index contributed by atoms with van der Waals surface area (Å²) in [7, 11) is 0. The van der Waals surface area contributed by atoms with Crippen molar-refractivity contribution in [2.24, 2.45) is 0 Å². The number of hydrogen-bond acceptors (Lipinski definition) is 3. The van der Waals surface area contributed by atoms with Crippen LogP contribution in [0.1, 0.15) is 47.8 Å².